The fourth-order valence-corrected chi connectivity index (χ4v) is 1.94. The number of nitrogens with two attached hydrogens (primary N) is 1. The van der Waals surface area contributed by atoms with Crippen LogP contribution in [0.1, 0.15) is 10.4 Å². The molecule has 0 saturated carbocycles. The molecule has 5 nitrogen and oxygen atoms in total. The van der Waals surface area contributed by atoms with E-state index in [0.717, 1.165) is 5.69 Å². The Kier molecular flexibility index (Phi) is 4.10. The number of halogens is 1. The van der Waals surface area contributed by atoms with E-state index in [1.54, 1.807) is 30.3 Å². The second-order valence-corrected chi connectivity index (χ2v) is 4.92. The summed E-state index contributed by atoms with van der Waals surface area (Å²) in [5.41, 5.74) is 7.54. The van der Waals surface area contributed by atoms with Crippen molar-refractivity contribution in [3.63, 3.8) is 0 Å². The Hall–Kier alpha value is -2.27. The van der Waals surface area contributed by atoms with Gasteiger partial charge in [0.2, 0.25) is 0 Å². The maximum absolute atomic E-state index is 12.3. The second kappa shape index (κ2) is 5.79. The number of rotatable bonds is 3. The maximum Gasteiger partial charge on any atom is 0.258 e. The van der Waals surface area contributed by atoms with Crippen molar-refractivity contribution in [1.29, 1.82) is 0 Å². The summed E-state index contributed by atoms with van der Waals surface area (Å²) < 4.78 is 0. The molecule has 0 atom stereocenters. The Balaban J connectivity index is 2.31. The lowest BCUT2D eigenvalue weighted by atomic mass is 10.1. The molecular formula is C14H15ClN4O. The average Bonchev–Trinajstić information content (AvgIpc) is 2.38. The van der Waals surface area contributed by atoms with Gasteiger partial charge in [0.25, 0.3) is 5.91 Å². The third-order valence-corrected chi connectivity index (χ3v) is 2.95. The van der Waals surface area contributed by atoms with Crippen LogP contribution in [0.4, 0.5) is 17.2 Å². The van der Waals surface area contributed by atoms with Gasteiger partial charge in [-0.05, 0) is 30.3 Å². The maximum atomic E-state index is 12.3. The van der Waals surface area contributed by atoms with Gasteiger partial charge in [-0.25, -0.2) is 4.98 Å². The zero-order chi connectivity index (χ0) is 14.7. The van der Waals surface area contributed by atoms with Crippen LogP contribution in [-0.4, -0.2) is 25.0 Å². The van der Waals surface area contributed by atoms with Crippen molar-refractivity contribution in [2.45, 2.75) is 0 Å². The molecule has 0 unspecified atom stereocenters. The Morgan fingerprint density at radius 3 is 2.70 bits per heavy atom. The van der Waals surface area contributed by atoms with Gasteiger partial charge in [0.05, 0.1) is 5.56 Å². The SMILES string of the molecule is CN(C)c1ccc(N)cc1C(=O)Nc1cc(Cl)ccn1. The highest BCUT2D eigenvalue weighted by molar-refractivity contribution is 6.30. The predicted octanol–water partition coefficient (Wildman–Crippen LogP) is 2.64. The second-order valence-electron chi connectivity index (χ2n) is 4.48. The molecule has 2 rings (SSSR count). The van der Waals surface area contributed by atoms with Crippen molar-refractivity contribution >= 4 is 34.7 Å². The third-order valence-electron chi connectivity index (χ3n) is 2.71. The van der Waals surface area contributed by atoms with Crippen molar-refractivity contribution in [2.24, 2.45) is 0 Å². The zero-order valence-corrected chi connectivity index (χ0v) is 12.0. The number of carbonyl (C=O) groups excluding carboxylic acids is 1. The van der Waals surface area contributed by atoms with E-state index in [1.165, 1.54) is 6.20 Å². The number of hydrogen-bond donors (Lipinski definition) is 2. The number of hydrogen-bond acceptors (Lipinski definition) is 4. The summed E-state index contributed by atoms with van der Waals surface area (Å²) in [6.07, 6.45) is 1.53. The number of pyridine rings is 1. The fourth-order valence-electron chi connectivity index (χ4n) is 1.78. The first kappa shape index (κ1) is 14.1. The topological polar surface area (TPSA) is 71.2 Å². The lowest BCUT2D eigenvalue weighted by Crippen LogP contribution is -2.19. The number of benzene rings is 1. The lowest BCUT2D eigenvalue weighted by Gasteiger charge is -2.17. The first-order valence-corrected chi connectivity index (χ1v) is 6.35. The van der Waals surface area contributed by atoms with Crippen LogP contribution in [0.25, 0.3) is 0 Å². The standard InChI is InChI=1S/C14H15ClN4O/c1-19(2)12-4-3-10(16)8-11(12)14(20)18-13-7-9(15)5-6-17-13/h3-8H,16H2,1-2H3,(H,17,18,20). The van der Waals surface area contributed by atoms with E-state index in [1.807, 2.05) is 19.0 Å². The Morgan fingerprint density at radius 1 is 1.30 bits per heavy atom. The third kappa shape index (κ3) is 3.19. The Morgan fingerprint density at radius 2 is 2.05 bits per heavy atom. The molecule has 1 aromatic heterocycles. The summed E-state index contributed by atoms with van der Waals surface area (Å²) in [7, 11) is 3.72. The average molecular weight is 291 g/mol. The molecule has 0 aliphatic rings. The van der Waals surface area contributed by atoms with Crippen molar-refractivity contribution in [2.75, 3.05) is 30.0 Å². The van der Waals surface area contributed by atoms with Crippen LogP contribution < -0.4 is 16.0 Å². The summed E-state index contributed by atoms with van der Waals surface area (Å²) in [5.74, 6) is 0.116. The van der Waals surface area contributed by atoms with E-state index in [-0.39, 0.29) is 5.91 Å². The van der Waals surface area contributed by atoms with Crippen molar-refractivity contribution in [1.82, 2.24) is 4.98 Å². The van der Waals surface area contributed by atoms with Crippen molar-refractivity contribution < 1.29 is 4.79 Å². The van der Waals surface area contributed by atoms with Crippen LogP contribution in [0.5, 0.6) is 0 Å². The molecule has 0 bridgehead atoms. The van der Waals surface area contributed by atoms with Crippen LogP contribution in [0, 0.1) is 0 Å². The molecule has 20 heavy (non-hydrogen) atoms. The molecule has 0 aliphatic heterocycles. The molecule has 0 radical (unpaired) electrons. The van der Waals surface area contributed by atoms with E-state index in [2.05, 4.69) is 10.3 Å². The van der Waals surface area contributed by atoms with E-state index in [4.69, 9.17) is 17.3 Å². The summed E-state index contributed by atoms with van der Waals surface area (Å²) in [5, 5.41) is 3.21. The van der Waals surface area contributed by atoms with Crippen LogP contribution in [0.2, 0.25) is 5.02 Å². The molecule has 0 aliphatic carbocycles. The molecule has 0 fully saturated rings. The summed E-state index contributed by atoms with van der Waals surface area (Å²) in [6.45, 7) is 0. The van der Waals surface area contributed by atoms with Gasteiger partial charge < -0.3 is 16.0 Å². The van der Waals surface area contributed by atoms with Gasteiger partial charge in [-0.15, -0.1) is 0 Å². The lowest BCUT2D eigenvalue weighted by molar-refractivity contribution is 0.102. The molecule has 0 saturated heterocycles. The molecule has 6 heteroatoms. The van der Waals surface area contributed by atoms with Crippen LogP contribution >= 0.6 is 11.6 Å². The quantitative estimate of drug-likeness (QED) is 0.853. The van der Waals surface area contributed by atoms with E-state index in [9.17, 15) is 4.79 Å². The van der Waals surface area contributed by atoms with Crippen LogP contribution in [0.15, 0.2) is 36.5 Å². The monoisotopic (exact) mass is 290 g/mol. The van der Waals surface area contributed by atoms with Crippen molar-refractivity contribution in [3.8, 4) is 0 Å². The minimum atomic E-state index is -0.282. The number of nitrogens with zero attached hydrogens (tertiary/aromatic N) is 2. The highest BCUT2D eigenvalue weighted by atomic mass is 35.5. The molecule has 0 spiro atoms. The Labute approximate surface area is 122 Å². The summed E-state index contributed by atoms with van der Waals surface area (Å²) in [6, 6.07) is 8.42. The van der Waals surface area contributed by atoms with E-state index >= 15 is 0 Å². The van der Waals surface area contributed by atoms with Crippen molar-refractivity contribution in [3.05, 3.63) is 47.1 Å². The molecule has 1 aromatic carbocycles. The summed E-state index contributed by atoms with van der Waals surface area (Å²) >= 11 is 5.86. The molecule has 2 aromatic rings. The zero-order valence-electron chi connectivity index (χ0n) is 11.2. The van der Waals surface area contributed by atoms with Crippen LogP contribution in [-0.2, 0) is 0 Å². The van der Waals surface area contributed by atoms with Gasteiger partial charge in [-0.1, -0.05) is 11.6 Å². The number of amides is 1. The first-order valence-electron chi connectivity index (χ1n) is 5.97. The van der Waals surface area contributed by atoms with Gasteiger partial charge in [0, 0.05) is 36.7 Å². The van der Waals surface area contributed by atoms with Gasteiger partial charge in [-0.2, -0.15) is 0 Å². The molecule has 1 amide bonds. The van der Waals surface area contributed by atoms with Gasteiger partial charge in [0.1, 0.15) is 5.82 Å². The smallest absolute Gasteiger partial charge is 0.258 e. The predicted molar refractivity (Wildman–Crippen MR) is 82.4 cm³/mol. The fraction of sp³-hybridized carbons (Fsp3) is 0.143. The number of anilines is 3. The first-order chi connectivity index (χ1) is 9.47. The van der Waals surface area contributed by atoms with Gasteiger partial charge in [-0.3, -0.25) is 4.79 Å². The molecule has 104 valence electrons. The molecule has 3 N–H and O–H groups in total. The normalized spacial score (nSPS) is 10.2. The highest BCUT2D eigenvalue weighted by Gasteiger charge is 2.14. The number of aromatic nitrogens is 1. The Bertz CT molecular complexity index is 643. The number of nitrogens with one attached hydrogen (secondary N) is 1. The van der Waals surface area contributed by atoms with Gasteiger partial charge >= 0.3 is 0 Å². The van der Waals surface area contributed by atoms with E-state index in [0.29, 0.717) is 22.1 Å². The highest BCUT2D eigenvalue weighted by Crippen LogP contribution is 2.22. The number of carbonyl (C=O) groups is 1. The summed E-state index contributed by atoms with van der Waals surface area (Å²) in [4.78, 5) is 18.2. The molecular weight excluding hydrogens is 276 g/mol. The van der Waals surface area contributed by atoms with E-state index < -0.39 is 0 Å². The minimum Gasteiger partial charge on any atom is -0.399 e. The molecule has 1 heterocycles. The number of nitrogen functional groups attached to an aromatic ring is 1. The van der Waals surface area contributed by atoms with Gasteiger partial charge in [0.15, 0.2) is 0 Å². The van der Waals surface area contributed by atoms with Crippen LogP contribution in [0.3, 0.4) is 0 Å². The minimum absolute atomic E-state index is 0.282. The largest absolute Gasteiger partial charge is 0.399 e.